The number of halogens is 2. The first kappa shape index (κ1) is 60.2. The van der Waals surface area contributed by atoms with E-state index in [9.17, 15) is 65.1 Å². The first-order chi connectivity index (χ1) is 42.5. The predicted octanol–water partition coefficient (Wildman–Crippen LogP) is 5.00. The van der Waals surface area contributed by atoms with Gasteiger partial charge in [-0.25, -0.2) is 4.79 Å². The highest BCUT2D eigenvalue weighted by Crippen LogP contribution is 2.48. The Kier molecular flexibility index (Phi) is 16.5. The monoisotopic (exact) mass is 1260 g/mol. The smallest absolute Gasteiger partial charge is 0.330 e. The number of phenols is 6. The van der Waals surface area contributed by atoms with E-state index in [0.29, 0.717) is 11.1 Å². The van der Waals surface area contributed by atoms with Crippen LogP contribution in [-0.2, 0) is 40.0 Å². The van der Waals surface area contributed by atoms with Crippen molar-refractivity contribution in [3.8, 4) is 80.1 Å². The van der Waals surface area contributed by atoms with Gasteiger partial charge in [-0.05, 0) is 112 Å². The summed E-state index contributed by atoms with van der Waals surface area (Å²) in [6.07, 6.45) is -2.72. The van der Waals surface area contributed by atoms with E-state index in [0.717, 1.165) is 60.7 Å². The number of aromatic hydroxyl groups is 6. The fourth-order valence-electron chi connectivity index (χ4n) is 10.8. The lowest BCUT2D eigenvalue weighted by Gasteiger charge is -2.31. The standard InChI is InChI=1S/C61H51Cl2N7O19/c62-35-11-24-1-7-42(35)88-45-18-29-19-46(55(45)79)89-43-8-4-27(16-36(43)63)54(78)53-60(84)69-52(61(85)86)34-21-31(73)22-41(76)48(34)33-15-26(3-5-39(33)74)49(57(81)70-53)67-59(83)51(29)68-58(82)50-28-13-30(72)20-32(14-28)87-44-17-25(2-6-40(44)75)38(23-71)64-10-9-47(77)65-37(12-24)56(80)66-50/h1-8,11,13-22,37-38,49-54,64,71-76,78-79H,9-10,12,23H2,(H,65,77)(H,66,80)(H,67,83)(H,68,82)(H,69,84)(H,70,81)(H,85,86)/t37-,38+,49-,50+,51-,52+,53+,54-/m1/s1. The number of carboxylic acid groups (broad SMARTS) is 1. The Hall–Kier alpha value is -10.5. The molecule has 6 heterocycles. The van der Waals surface area contributed by atoms with Crippen LogP contribution in [0.4, 0.5) is 0 Å². The number of ether oxygens (including phenoxy) is 3. The molecule has 0 saturated heterocycles. The summed E-state index contributed by atoms with van der Waals surface area (Å²) in [7, 11) is 0. The van der Waals surface area contributed by atoms with Crippen molar-refractivity contribution in [3.63, 3.8) is 0 Å². The van der Waals surface area contributed by atoms with Crippen LogP contribution in [0.15, 0.2) is 115 Å². The summed E-state index contributed by atoms with van der Waals surface area (Å²) in [6.45, 7) is -0.547. The van der Waals surface area contributed by atoms with Crippen LogP contribution >= 0.6 is 23.2 Å². The largest absolute Gasteiger partial charge is 0.508 e. The molecule has 6 aliphatic heterocycles. The maximum Gasteiger partial charge on any atom is 0.330 e. The summed E-state index contributed by atoms with van der Waals surface area (Å²) in [4.78, 5) is 103. The third-order valence-corrected chi connectivity index (χ3v) is 15.7. The highest BCUT2D eigenvalue weighted by atomic mass is 35.5. The number of carboxylic acids is 1. The number of phenolic OH excluding ortho intramolecular Hbond substituents is 6. The third kappa shape index (κ3) is 12.3. The minimum Gasteiger partial charge on any atom is -0.508 e. The van der Waals surface area contributed by atoms with E-state index < -0.39 is 159 Å². The second kappa shape index (κ2) is 24.3. The van der Waals surface area contributed by atoms with Crippen LogP contribution in [0.2, 0.25) is 10.0 Å². The van der Waals surface area contributed by atoms with Crippen LogP contribution in [0.1, 0.15) is 81.7 Å². The maximum atomic E-state index is 15.8. The molecule has 0 fully saturated rings. The number of hydrogen-bond donors (Lipinski definition) is 16. The Labute approximate surface area is 512 Å². The van der Waals surface area contributed by atoms with Crippen molar-refractivity contribution in [3.05, 3.63) is 164 Å². The zero-order chi connectivity index (χ0) is 63.3. The Morgan fingerprint density at radius 3 is 1.80 bits per heavy atom. The first-order valence-electron chi connectivity index (χ1n) is 27.1. The van der Waals surface area contributed by atoms with Crippen molar-refractivity contribution in [2.24, 2.45) is 0 Å². The fourth-order valence-corrected chi connectivity index (χ4v) is 11.2. The Balaban J connectivity index is 1.13. The summed E-state index contributed by atoms with van der Waals surface area (Å²) in [5, 5.41) is 119. The summed E-state index contributed by atoms with van der Waals surface area (Å²) in [6, 6.07) is 9.25. The molecule has 7 aromatic carbocycles. The molecule has 7 aromatic rings. The van der Waals surface area contributed by atoms with Gasteiger partial charge in [-0.3, -0.25) is 28.8 Å². The first-order valence-corrected chi connectivity index (χ1v) is 27.9. The van der Waals surface area contributed by atoms with E-state index in [1.165, 1.54) is 54.6 Å². The van der Waals surface area contributed by atoms with Crippen molar-refractivity contribution < 1.29 is 93.7 Å². The Bertz CT molecular complexity index is 4110. The molecule has 16 N–H and O–H groups in total. The second-order valence-corrected chi connectivity index (χ2v) is 21.9. The van der Waals surface area contributed by atoms with E-state index in [1.54, 1.807) is 0 Å². The molecule has 89 heavy (non-hydrogen) atoms. The van der Waals surface area contributed by atoms with Gasteiger partial charge in [-0.1, -0.05) is 47.5 Å². The lowest BCUT2D eigenvalue weighted by molar-refractivity contribution is -0.143. The van der Waals surface area contributed by atoms with Crippen molar-refractivity contribution in [1.29, 1.82) is 0 Å². The zero-order valence-corrected chi connectivity index (χ0v) is 47.3. The average molecular weight is 1260 g/mol. The Morgan fingerprint density at radius 1 is 0.528 bits per heavy atom. The summed E-state index contributed by atoms with van der Waals surface area (Å²) < 4.78 is 18.6. The van der Waals surface area contributed by atoms with E-state index in [1.807, 2.05) is 0 Å². The molecule has 0 radical (unpaired) electrons. The molecular formula is C61H51Cl2N7O19. The molecule has 0 spiro atoms. The van der Waals surface area contributed by atoms with Gasteiger partial charge in [0.15, 0.2) is 29.0 Å². The van der Waals surface area contributed by atoms with Crippen molar-refractivity contribution >= 4 is 64.6 Å². The number of carbonyl (C=O) groups excluding carboxylic acids is 6. The number of benzene rings is 7. The van der Waals surface area contributed by atoms with E-state index >= 15 is 14.4 Å². The molecule has 6 amide bonds. The van der Waals surface area contributed by atoms with Crippen LogP contribution in [-0.4, -0.2) is 113 Å². The maximum absolute atomic E-state index is 15.8. The van der Waals surface area contributed by atoms with Gasteiger partial charge in [0.1, 0.15) is 76.6 Å². The van der Waals surface area contributed by atoms with Gasteiger partial charge in [0.25, 0.3) is 0 Å². The van der Waals surface area contributed by atoms with Crippen molar-refractivity contribution in [2.45, 2.75) is 61.2 Å². The van der Waals surface area contributed by atoms with Gasteiger partial charge < -0.3 is 97.4 Å². The zero-order valence-electron chi connectivity index (χ0n) is 45.8. The predicted molar refractivity (Wildman–Crippen MR) is 310 cm³/mol. The summed E-state index contributed by atoms with van der Waals surface area (Å²) in [5.74, 6) is -14.6. The number of rotatable bonds is 2. The van der Waals surface area contributed by atoms with Crippen LogP contribution in [0, 0.1) is 0 Å². The highest BCUT2D eigenvalue weighted by Gasteiger charge is 2.41. The quantitative estimate of drug-likeness (QED) is 0.108. The molecule has 0 unspecified atom stereocenters. The molecular weight excluding hydrogens is 1210 g/mol. The van der Waals surface area contributed by atoms with E-state index in [-0.39, 0.29) is 74.7 Å². The lowest BCUT2D eigenvalue weighted by atomic mass is 9.89. The van der Waals surface area contributed by atoms with Crippen molar-refractivity contribution in [1.82, 2.24) is 37.2 Å². The number of aliphatic hydroxyl groups excluding tert-OH is 2. The van der Waals surface area contributed by atoms with Gasteiger partial charge >= 0.3 is 5.97 Å². The molecule has 28 heteroatoms. The normalized spacial score (nSPS) is 22.0. The number of nitrogens with one attached hydrogen (secondary N) is 7. The molecule has 17 bridgehead atoms. The molecule has 8 atom stereocenters. The van der Waals surface area contributed by atoms with Crippen molar-refractivity contribution in [2.75, 3.05) is 13.2 Å². The van der Waals surface area contributed by atoms with E-state index in [4.69, 9.17) is 37.4 Å². The topological polar surface area (TPSA) is 413 Å². The SMILES string of the molecule is O=C1CCN[C@@H](CO)c2ccc(O)c(c2)Oc2cc(O)cc(c2)[C@@H]2NC(=O)[C@@H](Cc3ccc(c(Cl)c3)Oc3cc4cc(c3O)Oc3ccc(cc3Cl)[C@@H](O)[C@@H]3NC(=O)[C@H](NC(=O)[C@@H]4NC2=O)c2ccc(O)c(c2)-c2c(O)cc(O)cc2[C@@H](C(=O)O)NC3=O)N1. The van der Waals surface area contributed by atoms with Gasteiger partial charge in [0, 0.05) is 48.2 Å². The number of aliphatic carboxylic acids is 1. The minimum absolute atomic E-state index is 0.0625. The number of hydrogen-bond acceptors (Lipinski definition) is 19. The van der Waals surface area contributed by atoms with Crippen LogP contribution in [0.25, 0.3) is 11.1 Å². The van der Waals surface area contributed by atoms with Gasteiger partial charge in [0.05, 0.1) is 22.7 Å². The van der Waals surface area contributed by atoms with E-state index in [2.05, 4.69) is 37.2 Å². The van der Waals surface area contributed by atoms with Gasteiger partial charge in [-0.2, -0.15) is 0 Å². The van der Waals surface area contributed by atoms with Crippen LogP contribution in [0.3, 0.4) is 0 Å². The lowest BCUT2D eigenvalue weighted by Crippen LogP contribution is -2.55. The fraction of sp³-hybridized carbons (Fsp3) is 0.197. The molecule has 0 aliphatic carbocycles. The molecule has 458 valence electrons. The Morgan fingerprint density at radius 2 is 1.12 bits per heavy atom. The number of amides is 6. The highest BCUT2D eigenvalue weighted by molar-refractivity contribution is 6.32. The third-order valence-electron chi connectivity index (χ3n) is 15.2. The molecule has 13 rings (SSSR count). The minimum atomic E-state index is -2.20. The van der Waals surface area contributed by atoms with Gasteiger partial charge in [-0.15, -0.1) is 0 Å². The summed E-state index contributed by atoms with van der Waals surface area (Å²) in [5.41, 5.74) is -1.77. The molecule has 6 aliphatic rings. The molecule has 26 nitrogen and oxygen atoms in total. The number of fused-ring (bicyclic) bond motifs is 14. The average Bonchev–Trinajstić information content (AvgIpc) is 0.925. The van der Waals surface area contributed by atoms with Crippen LogP contribution in [0.5, 0.6) is 69.0 Å². The molecule has 0 saturated carbocycles. The number of carbonyl (C=O) groups is 7. The summed E-state index contributed by atoms with van der Waals surface area (Å²) >= 11 is 13.7. The van der Waals surface area contributed by atoms with Gasteiger partial charge in [0.2, 0.25) is 41.2 Å². The number of aliphatic hydroxyl groups is 2. The second-order valence-electron chi connectivity index (χ2n) is 21.1. The van der Waals surface area contributed by atoms with Crippen LogP contribution < -0.4 is 51.4 Å². The molecule has 0 aromatic heterocycles.